The maximum Gasteiger partial charge on any atom is 0.235 e. The summed E-state index contributed by atoms with van der Waals surface area (Å²) in [4.78, 5) is 25.5. The van der Waals surface area contributed by atoms with Gasteiger partial charge in [0.25, 0.3) is 0 Å². The molecule has 0 radical (unpaired) electrons. The van der Waals surface area contributed by atoms with Gasteiger partial charge in [-0.2, -0.15) is 0 Å². The number of methoxy groups -OCH3 is 1. The zero-order valence-corrected chi connectivity index (χ0v) is 15.9. The van der Waals surface area contributed by atoms with Crippen LogP contribution < -0.4 is 14.9 Å². The number of hydrogen-bond donors (Lipinski definition) is 0. The van der Waals surface area contributed by atoms with Gasteiger partial charge in [0.15, 0.2) is 18.2 Å². The molecule has 6 nitrogen and oxygen atoms in total. The molecule has 6 heteroatoms. The van der Waals surface area contributed by atoms with Crippen molar-refractivity contribution < 1.29 is 23.1 Å². The number of carbonyl (C=O) groups is 1. The Kier molecular flexibility index (Phi) is 4.91. The molecule has 0 bridgehead atoms. The molecule has 0 atom stereocenters. The van der Waals surface area contributed by atoms with Gasteiger partial charge in [-0.1, -0.05) is 6.07 Å². The summed E-state index contributed by atoms with van der Waals surface area (Å²) in [6.45, 7) is 1.59. The zero-order valence-electron chi connectivity index (χ0n) is 15.9. The number of aryl methyl sites for hydroxylation is 1. The largest absolute Gasteiger partial charge is 0.497 e. The van der Waals surface area contributed by atoms with Crippen LogP contribution in [0.3, 0.4) is 0 Å². The topological polar surface area (TPSA) is 78.9 Å². The fraction of sp³-hybridized carbons (Fsp3) is 0.130. The lowest BCUT2D eigenvalue weighted by Gasteiger charge is -2.10. The van der Waals surface area contributed by atoms with E-state index in [1.165, 1.54) is 6.26 Å². The van der Waals surface area contributed by atoms with Crippen molar-refractivity contribution >= 4 is 16.8 Å². The van der Waals surface area contributed by atoms with Gasteiger partial charge >= 0.3 is 0 Å². The van der Waals surface area contributed by atoms with Crippen LogP contribution in [-0.2, 0) is 0 Å². The molecule has 2 aromatic carbocycles. The van der Waals surface area contributed by atoms with Crippen molar-refractivity contribution in [2.24, 2.45) is 0 Å². The molecule has 2 heterocycles. The molecule has 0 spiro atoms. The van der Waals surface area contributed by atoms with Crippen molar-refractivity contribution in [1.29, 1.82) is 0 Å². The number of rotatable bonds is 6. The number of ether oxygens (including phenoxy) is 2. The first-order valence-electron chi connectivity index (χ1n) is 8.98. The van der Waals surface area contributed by atoms with Crippen molar-refractivity contribution in [1.82, 2.24) is 0 Å². The monoisotopic (exact) mass is 390 g/mol. The van der Waals surface area contributed by atoms with Crippen molar-refractivity contribution in [2.45, 2.75) is 6.92 Å². The summed E-state index contributed by atoms with van der Waals surface area (Å²) in [5, 5.41) is 0.373. The number of fused-ring (bicyclic) bond motifs is 1. The maximum atomic E-state index is 13.0. The molecule has 4 aromatic rings. The van der Waals surface area contributed by atoms with Gasteiger partial charge in [0.05, 0.1) is 18.8 Å². The number of furan rings is 1. The third-order valence-electron chi connectivity index (χ3n) is 4.51. The first-order chi connectivity index (χ1) is 14.1. The van der Waals surface area contributed by atoms with Crippen molar-refractivity contribution in [3.8, 4) is 23.0 Å². The van der Waals surface area contributed by atoms with Gasteiger partial charge < -0.3 is 18.3 Å². The molecule has 146 valence electrons. The van der Waals surface area contributed by atoms with Crippen LogP contribution in [0.15, 0.2) is 74.5 Å². The summed E-state index contributed by atoms with van der Waals surface area (Å²) in [5.74, 6) is 0.811. The number of benzene rings is 2. The van der Waals surface area contributed by atoms with E-state index in [1.54, 1.807) is 55.6 Å². The standard InChI is InChI=1S/C23H18O6/c1-14-5-10-17-20(12-14)29-22(19-4-3-11-27-19)23(21(17)25)28-13-18(24)15-6-8-16(26-2)9-7-15/h3-12H,13H2,1-2H3. The van der Waals surface area contributed by atoms with Gasteiger partial charge in [-0.25, -0.2) is 0 Å². The normalized spacial score (nSPS) is 10.8. The second kappa shape index (κ2) is 7.67. The van der Waals surface area contributed by atoms with Gasteiger partial charge in [-0.3, -0.25) is 9.59 Å². The number of carbonyl (C=O) groups excluding carboxylic acids is 1. The predicted octanol–water partition coefficient (Wildman–Crippen LogP) is 4.63. The third-order valence-corrected chi connectivity index (χ3v) is 4.51. The van der Waals surface area contributed by atoms with Crippen LogP contribution in [0.4, 0.5) is 0 Å². The average Bonchev–Trinajstić information content (AvgIpc) is 3.27. The fourth-order valence-electron chi connectivity index (χ4n) is 2.98. The van der Waals surface area contributed by atoms with Gasteiger partial charge in [0.2, 0.25) is 16.9 Å². The van der Waals surface area contributed by atoms with Gasteiger partial charge in [0, 0.05) is 5.56 Å². The molecule has 0 unspecified atom stereocenters. The van der Waals surface area contributed by atoms with Crippen LogP contribution in [0.1, 0.15) is 15.9 Å². The highest BCUT2D eigenvalue weighted by molar-refractivity contribution is 5.97. The SMILES string of the molecule is COc1ccc(C(=O)COc2c(-c3ccco3)oc3cc(C)ccc3c2=O)cc1. The Bertz CT molecular complexity index is 1220. The van der Waals surface area contributed by atoms with Crippen molar-refractivity contribution in [3.05, 3.63) is 82.2 Å². The maximum absolute atomic E-state index is 13.0. The van der Waals surface area contributed by atoms with E-state index in [-0.39, 0.29) is 29.3 Å². The van der Waals surface area contributed by atoms with Crippen LogP contribution in [0.2, 0.25) is 0 Å². The van der Waals surface area contributed by atoms with Crippen LogP contribution in [0.25, 0.3) is 22.5 Å². The zero-order chi connectivity index (χ0) is 20.4. The molecular weight excluding hydrogens is 372 g/mol. The minimum atomic E-state index is -0.361. The van der Waals surface area contributed by atoms with Gasteiger partial charge in [-0.15, -0.1) is 0 Å². The van der Waals surface area contributed by atoms with Crippen LogP contribution in [-0.4, -0.2) is 19.5 Å². The molecule has 0 aliphatic carbocycles. The summed E-state index contributed by atoms with van der Waals surface area (Å²) in [6, 6.07) is 15.3. The highest BCUT2D eigenvalue weighted by atomic mass is 16.5. The molecule has 0 saturated heterocycles. The summed E-state index contributed by atoms with van der Waals surface area (Å²) in [7, 11) is 1.55. The fourth-order valence-corrected chi connectivity index (χ4v) is 2.98. The minimum absolute atomic E-state index is 0.0573. The third kappa shape index (κ3) is 3.65. The highest BCUT2D eigenvalue weighted by Crippen LogP contribution is 2.31. The average molecular weight is 390 g/mol. The van der Waals surface area contributed by atoms with Crippen LogP contribution in [0.5, 0.6) is 11.5 Å². The van der Waals surface area contributed by atoms with Crippen LogP contribution in [0, 0.1) is 6.92 Å². The molecule has 0 aliphatic heterocycles. The Morgan fingerprint density at radius 1 is 1.07 bits per heavy atom. The number of hydrogen-bond acceptors (Lipinski definition) is 6. The Balaban J connectivity index is 1.71. The molecule has 29 heavy (non-hydrogen) atoms. The molecule has 0 N–H and O–H groups in total. The predicted molar refractivity (Wildman–Crippen MR) is 108 cm³/mol. The molecule has 0 amide bonds. The Morgan fingerprint density at radius 2 is 1.86 bits per heavy atom. The van der Waals surface area contributed by atoms with E-state index in [2.05, 4.69) is 0 Å². The number of ketones is 1. The smallest absolute Gasteiger partial charge is 0.235 e. The highest BCUT2D eigenvalue weighted by Gasteiger charge is 2.21. The van der Waals surface area contributed by atoms with E-state index >= 15 is 0 Å². The van der Waals surface area contributed by atoms with E-state index in [9.17, 15) is 9.59 Å². The van der Waals surface area contributed by atoms with Gasteiger partial charge in [-0.05, 0) is 61.0 Å². The molecule has 4 rings (SSSR count). The van der Waals surface area contributed by atoms with Crippen molar-refractivity contribution in [2.75, 3.05) is 13.7 Å². The van der Waals surface area contributed by atoms with Crippen molar-refractivity contribution in [3.63, 3.8) is 0 Å². The van der Waals surface area contributed by atoms with E-state index in [4.69, 9.17) is 18.3 Å². The van der Waals surface area contributed by atoms with E-state index < -0.39 is 0 Å². The lowest BCUT2D eigenvalue weighted by Crippen LogP contribution is -2.17. The first-order valence-corrected chi connectivity index (χ1v) is 8.98. The Hall–Kier alpha value is -3.80. The van der Waals surface area contributed by atoms with E-state index in [1.807, 2.05) is 13.0 Å². The summed E-state index contributed by atoms with van der Waals surface area (Å²) in [6.07, 6.45) is 1.47. The summed E-state index contributed by atoms with van der Waals surface area (Å²) < 4.78 is 22.1. The molecule has 0 fully saturated rings. The summed E-state index contributed by atoms with van der Waals surface area (Å²) in [5.41, 5.74) is 1.47. The first kappa shape index (κ1) is 18.6. The van der Waals surface area contributed by atoms with Crippen LogP contribution >= 0.6 is 0 Å². The second-order valence-electron chi connectivity index (χ2n) is 6.51. The van der Waals surface area contributed by atoms with E-state index in [0.717, 1.165) is 5.56 Å². The van der Waals surface area contributed by atoms with E-state index in [0.29, 0.717) is 28.0 Å². The second-order valence-corrected chi connectivity index (χ2v) is 6.51. The lowest BCUT2D eigenvalue weighted by atomic mass is 10.1. The number of Topliss-reactive ketones (excluding diaryl/α,β-unsaturated/α-hetero) is 1. The van der Waals surface area contributed by atoms with Gasteiger partial charge in [0.1, 0.15) is 11.3 Å². The Morgan fingerprint density at radius 3 is 2.55 bits per heavy atom. The molecule has 0 saturated carbocycles. The molecule has 0 aliphatic rings. The minimum Gasteiger partial charge on any atom is -0.497 e. The molecule has 2 aromatic heterocycles. The quantitative estimate of drug-likeness (QED) is 0.447. The molecular formula is C23H18O6. The Labute approximate surface area is 166 Å². The lowest BCUT2D eigenvalue weighted by molar-refractivity contribution is 0.0920. The summed E-state index contributed by atoms with van der Waals surface area (Å²) >= 11 is 0.